The zero-order valence-electron chi connectivity index (χ0n) is 10.3. The van der Waals surface area contributed by atoms with Gasteiger partial charge >= 0.3 is 5.97 Å². The van der Waals surface area contributed by atoms with Gasteiger partial charge < -0.3 is 4.74 Å². The van der Waals surface area contributed by atoms with Crippen LogP contribution in [0.3, 0.4) is 0 Å². The standard InChI is InChI=1S/C15H13NO2/c1-10(15(17)18-2)12-5-6-13-7-11(9-16)3-4-14(13)8-12/h3-8,10H,1-2H3. The van der Waals surface area contributed by atoms with E-state index in [4.69, 9.17) is 10.00 Å². The molecule has 0 saturated carbocycles. The molecule has 0 saturated heterocycles. The van der Waals surface area contributed by atoms with Gasteiger partial charge in [0, 0.05) is 0 Å². The van der Waals surface area contributed by atoms with Crippen LogP contribution in [0, 0.1) is 11.3 Å². The maximum atomic E-state index is 11.5. The number of carbonyl (C=O) groups is 1. The van der Waals surface area contributed by atoms with E-state index < -0.39 is 0 Å². The Bertz CT molecular complexity index is 640. The fraction of sp³-hybridized carbons (Fsp3) is 0.200. The molecule has 0 amide bonds. The molecule has 0 radical (unpaired) electrons. The third-order valence-electron chi connectivity index (χ3n) is 3.05. The maximum Gasteiger partial charge on any atom is 0.312 e. The zero-order chi connectivity index (χ0) is 13.1. The lowest BCUT2D eigenvalue weighted by Gasteiger charge is -2.10. The maximum absolute atomic E-state index is 11.5. The van der Waals surface area contributed by atoms with Crippen molar-refractivity contribution in [1.29, 1.82) is 5.26 Å². The molecule has 2 aromatic carbocycles. The van der Waals surface area contributed by atoms with Gasteiger partial charge in [0.25, 0.3) is 0 Å². The Kier molecular flexibility index (Phi) is 3.29. The van der Waals surface area contributed by atoms with Gasteiger partial charge in [-0.15, -0.1) is 0 Å². The quantitative estimate of drug-likeness (QED) is 0.757. The highest BCUT2D eigenvalue weighted by Crippen LogP contribution is 2.23. The van der Waals surface area contributed by atoms with Gasteiger partial charge in [-0.1, -0.05) is 24.3 Å². The molecule has 0 aliphatic carbocycles. The van der Waals surface area contributed by atoms with E-state index in [0.717, 1.165) is 16.3 Å². The van der Waals surface area contributed by atoms with E-state index in [2.05, 4.69) is 6.07 Å². The molecule has 0 aliphatic heterocycles. The number of nitriles is 1. The number of nitrogens with zero attached hydrogens (tertiary/aromatic N) is 1. The first kappa shape index (κ1) is 12.1. The average molecular weight is 239 g/mol. The first-order valence-corrected chi connectivity index (χ1v) is 5.67. The van der Waals surface area contributed by atoms with Crippen molar-refractivity contribution in [3.8, 4) is 6.07 Å². The van der Waals surface area contributed by atoms with Crippen LogP contribution in [-0.4, -0.2) is 13.1 Å². The van der Waals surface area contributed by atoms with Crippen LogP contribution >= 0.6 is 0 Å². The number of benzene rings is 2. The number of carbonyl (C=O) groups excluding carboxylic acids is 1. The topological polar surface area (TPSA) is 50.1 Å². The van der Waals surface area contributed by atoms with Crippen molar-refractivity contribution < 1.29 is 9.53 Å². The van der Waals surface area contributed by atoms with Crippen LogP contribution in [-0.2, 0) is 9.53 Å². The Morgan fingerprint density at radius 1 is 1.22 bits per heavy atom. The monoisotopic (exact) mass is 239 g/mol. The van der Waals surface area contributed by atoms with Crippen molar-refractivity contribution >= 4 is 16.7 Å². The smallest absolute Gasteiger partial charge is 0.312 e. The van der Waals surface area contributed by atoms with Gasteiger partial charge in [0.15, 0.2) is 0 Å². The molecule has 2 rings (SSSR count). The molecule has 0 bridgehead atoms. The molecule has 3 heteroatoms. The summed E-state index contributed by atoms with van der Waals surface area (Å²) in [5.41, 5.74) is 1.55. The summed E-state index contributed by atoms with van der Waals surface area (Å²) in [7, 11) is 1.39. The minimum Gasteiger partial charge on any atom is -0.469 e. The molecule has 0 spiro atoms. The highest BCUT2D eigenvalue weighted by Gasteiger charge is 2.15. The molecule has 0 aliphatic rings. The van der Waals surface area contributed by atoms with Crippen LogP contribution in [0.2, 0.25) is 0 Å². The van der Waals surface area contributed by atoms with E-state index >= 15 is 0 Å². The Hall–Kier alpha value is -2.34. The molecule has 2 aromatic rings. The molecule has 0 fully saturated rings. The van der Waals surface area contributed by atoms with Crippen molar-refractivity contribution in [2.75, 3.05) is 7.11 Å². The van der Waals surface area contributed by atoms with E-state index in [9.17, 15) is 4.79 Å². The number of esters is 1. The molecular formula is C15H13NO2. The van der Waals surface area contributed by atoms with Crippen LogP contribution in [0.4, 0.5) is 0 Å². The molecule has 18 heavy (non-hydrogen) atoms. The van der Waals surface area contributed by atoms with Gasteiger partial charge in [0.1, 0.15) is 0 Å². The normalized spacial score (nSPS) is 11.8. The highest BCUT2D eigenvalue weighted by molar-refractivity contribution is 5.86. The van der Waals surface area contributed by atoms with E-state index in [1.165, 1.54) is 7.11 Å². The van der Waals surface area contributed by atoms with Gasteiger partial charge in [0.05, 0.1) is 24.7 Å². The van der Waals surface area contributed by atoms with E-state index in [0.29, 0.717) is 5.56 Å². The minimum absolute atomic E-state index is 0.247. The molecular weight excluding hydrogens is 226 g/mol. The van der Waals surface area contributed by atoms with E-state index in [-0.39, 0.29) is 11.9 Å². The molecule has 1 atom stereocenters. The number of fused-ring (bicyclic) bond motifs is 1. The Morgan fingerprint density at radius 3 is 2.56 bits per heavy atom. The van der Waals surface area contributed by atoms with Crippen molar-refractivity contribution in [2.45, 2.75) is 12.8 Å². The second kappa shape index (κ2) is 4.89. The summed E-state index contributed by atoms with van der Waals surface area (Å²) < 4.78 is 4.73. The lowest BCUT2D eigenvalue weighted by Crippen LogP contribution is -2.10. The summed E-state index contributed by atoms with van der Waals surface area (Å²) in [6.45, 7) is 1.82. The number of rotatable bonds is 2. The van der Waals surface area contributed by atoms with Gasteiger partial charge in [-0.25, -0.2) is 0 Å². The third-order valence-corrected chi connectivity index (χ3v) is 3.05. The molecule has 3 nitrogen and oxygen atoms in total. The summed E-state index contributed by atoms with van der Waals surface area (Å²) in [6.07, 6.45) is 0. The van der Waals surface area contributed by atoms with Crippen LogP contribution in [0.1, 0.15) is 24.0 Å². The third kappa shape index (κ3) is 2.18. The first-order valence-electron chi connectivity index (χ1n) is 5.67. The SMILES string of the molecule is COC(=O)C(C)c1ccc2cc(C#N)ccc2c1. The molecule has 0 heterocycles. The van der Waals surface area contributed by atoms with E-state index in [1.807, 2.05) is 37.3 Å². The van der Waals surface area contributed by atoms with Crippen molar-refractivity contribution in [2.24, 2.45) is 0 Å². The molecule has 0 aromatic heterocycles. The zero-order valence-corrected chi connectivity index (χ0v) is 10.3. The number of ether oxygens (including phenoxy) is 1. The number of hydrogen-bond donors (Lipinski definition) is 0. The van der Waals surface area contributed by atoms with Gasteiger partial charge in [-0.2, -0.15) is 5.26 Å². The average Bonchev–Trinajstić information content (AvgIpc) is 2.44. The Labute approximate surface area is 106 Å². The predicted octanol–water partition coefficient (Wildman–Crippen LogP) is 2.99. The van der Waals surface area contributed by atoms with E-state index in [1.54, 1.807) is 6.07 Å². The first-order chi connectivity index (χ1) is 8.65. The van der Waals surface area contributed by atoms with Crippen molar-refractivity contribution in [3.05, 3.63) is 47.5 Å². The van der Waals surface area contributed by atoms with Crippen molar-refractivity contribution in [1.82, 2.24) is 0 Å². The number of methoxy groups -OCH3 is 1. The van der Waals surface area contributed by atoms with Gasteiger partial charge in [-0.3, -0.25) is 4.79 Å². The van der Waals surface area contributed by atoms with Crippen LogP contribution in [0.25, 0.3) is 10.8 Å². The minimum atomic E-state index is -0.282. The van der Waals surface area contributed by atoms with Crippen LogP contribution in [0.15, 0.2) is 36.4 Å². The molecule has 0 N–H and O–H groups in total. The predicted molar refractivity (Wildman–Crippen MR) is 69.1 cm³/mol. The fourth-order valence-corrected chi connectivity index (χ4v) is 1.92. The van der Waals surface area contributed by atoms with Crippen LogP contribution < -0.4 is 0 Å². The Morgan fingerprint density at radius 2 is 1.89 bits per heavy atom. The highest BCUT2D eigenvalue weighted by atomic mass is 16.5. The summed E-state index contributed by atoms with van der Waals surface area (Å²) in [4.78, 5) is 11.5. The van der Waals surface area contributed by atoms with Gasteiger partial charge in [-0.05, 0) is 35.4 Å². The molecule has 1 unspecified atom stereocenters. The lowest BCUT2D eigenvalue weighted by atomic mass is 9.97. The Balaban J connectivity index is 2.46. The summed E-state index contributed by atoms with van der Waals surface area (Å²) >= 11 is 0. The lowest BCUT2D eigenvalue weighted by molar-refractivity contribution is -0.141. The second-order valence-corrected chi connectivity index (χ2v) is 4.18. The number of hydrogen-bond acceptors (Lipinski definition) is 3. The summed E-state index contributed by atoms with van der Waals surface area (Å²) in [6, 6.07) is 13.4. The van der Waals surface area contributed by atoms with Crippen LogP contribution in [0.5, 0.6) is 0 Å². The largest absolute Gasteiger partial charge is 0.469 e. The summed E-state index contributed by atoms with van der Waals surface area (Å²) in [5.74, 6) is -0.530. The van der Waals surface area contributed by atoms with Crippen molar-refractivity contribution in [3.63, 3.8) is 0 Å². The second-order valence-electron chi connectivity index (χ2n) is 4.18. The van der Waals surface area contributed by atoms with Gasteiger partial charge in [0.2, 0.25) is 0 Å². The molecule has 90 valence electrons. The summed E-state index contributed by atoms with van der Waals surface area (Å²) in [5, 5.41) is 10.8. The fourth-order valence-electron chi connectivity index (χ4n) is 1.92.